The van der Waals surface area contributed by atoms with E-state index < -0.39 is 0 Å². The minimum atomic E-state index is -0.281. The number of hydrogen-bond acceptors (Lipinski definition) is 2. The summed E-state index contributed by atoms with van der Waals surface area (Å²) in [5.74, 6) is 1.01. The van der Waals surface area contributed by atoms with Crippen LogP contribution < -0.4 is 4.74 Å². The number of benzene rings is 2. The summed E-state index contributed by atoms with van der Waals surface area (Å²) < 4.78 is 9.25. The average molecular weight is 626 g/mol. The van der Waals surface area contributed by atoms with E-state index in [4.69, 9.17) is 4.74 Å². The predicted octanol–water partition coefficient (Wildman–Crippen LogP) is 8.50. The summed E-state index contributed by atoms with van der Waals surface area (Å²) in [6, 6.07) is 8.08. The summed E-state index contributed by atoms with van der Waals surface area (Å²) in [6.45, 7) is 10.1. The van der Waals surface area contributed by atoms with Crippen LogP contribution in [0, 0.1) is 0 Å². The van der Waals surface area contributed by atoms with Gasteiger partial charge < -0.3 is 9.84 Å². The van der Waals surface area contributed by atoms with Gasteiger partial charge in [-0.3, -0.25) is 0 Å². The molecule has 0 bridgehead atoms. The van der Waals surface area contributed by atoms with Crippen LogP contribution in [-0.4, -0.2) is 11.2 Å². The molecule has 2 aromatic carbocycles. The Morgan fingerprint density at radius 3 is 1.89 bits per heavy atom. The maximum absolute atomic E-state index is 10.0. The highest BCUT2D eigenvalue weighted by Gasteiger charge is 2.27. The third-order valence-electron chi connectivity index (χ3n) is 4.55. The topological polar surface area (TPSA) is 29.5 Å². The maximum atomic E-state index is 10.0. The van der Waals surface area contributed by atoms with Gasteiger partial charge in [-0.1, -0.05) is 19.9 Å². The van der Waals surface area contributed by atoms with Crippen LogP contribution in [0.3, 0.4) is 0 Å². The molecule has 0 heterocycles. The van der Waals surface area contributed by atoms with Crippen molar-refractivity contribution in [1.82, 2.24) is 0 Å². The summed E-state index contributed by atoms with van der Waals surface area (Å²) >= 11 is 14.2. The Morgan fingerprint density at radius 1 is 1.00 bits per heavy atom. The highest BCUT2D eigenvalue weighted by Crippen LogP contribution is 2.43. The Kier molecular flexibility index (Phi) is 8.06. The number of ether oxygens (including phenoxy) is 1. The highest BCUT2D eigenvalue weighted by atomic mass is 79.9. The number of phenols is 1. The van der Waals surface area contributed by atoms with Crippen LogP contribution in [0.1, 0.15) is 44.7 Å². The molecule has 0 saturated heterocycles. The van der Waals surface area contributed by atoms with Gasteiger partial charge in [0.25, 0.3) is 0 Å². The fourth-order valence-electron chi connectivity index (χ4n) is 2.74. The largest absolute Gasteiger partial charge is 0.506 e. The zero-order valence-corrected chi connectivity index (χ0v) is 21.8. The van der Waals surface area contributed by atoms with E-state index in [9.17, 15) is 5.11 Å². The van der Waals surface area contributed by atoms with Gasteiger partial charge in [-0.15, -0.1) is 6.58 Å². The van der Waals surface area contributed by atoms with E-state index in [0.717, 1.165) is 38.7 Å². The van der Waals surface area contributed by atoms with Gasteiger partial charge in [0.2, 0.25) is 0 Å². The zero-order chi connectivity index (χ0) is 20.4. The minimum Gasteiger partial charge on any atom is -0.506 e. The number of rotatable bonds is 7. The first kappa shape index (κ1) is 23.0. The van der Waals surface area contributed by atoms with Crippen LogP contribution in [0.2, 0.25) is 0 Å². The smallest absolute Gasteiger partial charge is 0.148 e. The van der Waals surface area contributed by atoms with E-state index in [2.05, 4.69) is 103 Å². The van der Waals surface area contributed by atoms with Crippen molar-refractivity contribution in [3.8, 4) is 11.5 Å². The molecule has 0 aliphatic heterocycles. The molecule has 0 aromatic heterocycles. The van der Waals surface area contributed by atoms with Gasteiger partial charge in [0, 0.05) is 5.41 Å². The monoisotopic (exact) mass is 622 g/mol. The lowest BCUT2D eigenvalue weighted by Crippen LogP contribution is -2.19. The van der Waals surface area contributed by atoms with E-state index in [-0.39, 0.29) is 17.3 Å². The van der Waals surface area contributed by atoms with Crippen molar-refractivity contribution in [3.05, 3.63) is 65.9 Å². The van der Waals surface area contributed by atoms with Crippen LogP contribution in [0.5, 0.6) is 11.5 Å². The van der Waals surface area contributed by atoms with Crippen molar-refractivity contribution in [3.63, 3.8) is 0 Å². The standard InChI is InChI=1S/C21H22Br4O2/c1-5-6-7-12(2)27-20-17(24)10-14(11-18(20)25)21(3,4)13-8-15(22)19(26)16(23)9-13/h5,8-12,26H,1,6-7H2,2-4H3. The zero-order valence-electron chi connectivity index (χ0n) is 15.5. The molecule has 0 spiro atoms. The Bertz CT molecular complexity index is 800. The average Bonchev–Trinajstić information content (AvgIpc) is 2.60. The second kappa shape index (κ2) is 9.47. The molecule has 2 aromatic rings. The van der Waals surface area contributed by atoms with Crippen molar-refractivity contribution in [2.75, 3.05) is 0 Å². The van der Waals surface area contributed by atoms with Crippen LogP contribution in [0.15, 0.2) is 54.8 Å². The Morgan fingerprint density at radius 2 is 1.44 bits per heavy atom. The minimum absolute atomic E-state index is 0.0958. The summed E-state index contributed by atoms with van der Waals surface area (Å²) in [6.07, 6.45) is 3.85. The van der Waals surface area contributed by atoms with Gasteiger partial charge in [0.15, 0.2) is 0 Å². The molecule has 0 amide bonds. The molecular weight excluding hydrogens is 604 g/mol. The molecule has 2 nitrogen and oxygen atoms in total. The third kappa shape index (κ3) is 5.40. The highest BCUT2D eigenvalue weighted by molar-refractivity contribution is 9.11. The Balaban J connectivity index is 2.40. The van der Waals surface area contributed by atoms with Gasteiger partial charge in [-0.05, 0) is 119 Å². The number of allylic oxidation sites excluding steroid dienone is 1. The van der Waals surface area contributed by atoms with Crippen molar-refractivity contribution in [2.45, 2.75) is 45.1 Å². The second-order valence-electron chi connectivity index (χ2n) is 6.98. The lowest BCUT2D eigenvalue weighted by molar-refractivity contribution is 0.209. The molecule has 1 unspecified atom stereocenters. The second-order valence-corrected chi connectivity index (χ2v) is 10.4. The summed E-state index contributed by atoms with van der Waals surface area (Å²) in [4.78, 5) is 0. The summed E-state index contributed by atoms with van der Waals surface area (Å²) in [7, 11) is 0. The van der Waals surface area contributed by atoms with Crippen molar-refractivity contribution in [2.24, 2.45) is 0 Å². The van der Waals surface area contributed by atoms with Gasteiger partial charge in [-0.2, -0.15) is 0 Å². The number of halogens is 4. The molecule has 6 heteroatoms. The molecule has 0 aliphatic rings. The van der Waals surface area contributed by atoms with Crippen LogP contribution >= 0.6 is 63.7 Å². The van der Waals surface area contributed by atoms with Crippen LogP contribution in [-0.2, 0) is 5.41 Å². The number of aromatic hydroxyl groups is 1. The predicted molar refractivity (Wildman–Crippen MR) is 127 cm³/mol. The van der Waals surface area contributed by atoms with Crippen molar-refractivity contribution < 1.29 is 9.84 Å². The Hall–Kier alpha value is -0.300. The van der Waals surface area contributed by atoms with E-state index >= 15 is 0 Å². The van der Waals surface area contributed by atoms with Crippen LogP contribution in [0.25, 0.3) is 0 Å². The Labute approximate surface area is 194 Å². The lowest BCUT2D eigenvalue weighted by atomic mass is 9.78. The molecular formula is C21H22Br4O2. The number of hydrogen-bond donors (Lipinski definition) is 1. The SMILES string of the molecule is C=CCCC(C)Oc1c(Br)cc(C(C)(C)c2cc(Br)c(O)c(Br)c2)cc1Br. The quantitative estimate of drug-likeness (QED) is 0.313. The first-order valence-corrected chi connectivity index (χ1v) is 11.7. The normalized spacial score (nSPS) is 12.7. The molecule has 0 aliphatic carbocycles. The van der Waals surface area contributed by atoms with Crippen LogP contribution in [0.4, 0.5) is 0 Å². The van der Waals surface area contributed by atoms with Crippen molar-refractivity contribution >= 4 is 63.7 Å². The van der Waals surface area contributed by atoms with E-state index in [1.165, 1.54) is 0 Å². The molecule has 0 fully saturated rings. The molecule has 27 heavy (non-hydrogen) atoms. The fraction of sp³-hybridized carbons (Fsp3) is 0.333. The molecule has 0 radical (unpaired) electrons. The van der Waals surface area contributed by atoms with E-state index in [0.29, 0.717) is 8.95 Å². The molecule has 2 rings (SSSR count). The van der Waals surface area contributed by atoms with E-state index in [1.807, 2.05) is 18.2 Å². The van der Waals surface area contributed by atoms with Gasteiger partial charge in [0.1, 0.15) is 11.5 Å². The van der Waals surface area contributed by atoms with Crippen molar-refractivity contribution in [1.29, 1.82) is 0 Å². The molecule has 1 atom stereocenters. The lowest BCUT2D eigenvalue weighted by Gasteiger charge is -2.28. The maximum Gasteiger partial charge on any atom is 0.148 e. The third-order valence-corrected chi connectivity index (χ3v) is 6.94. The molecule has 146 valence electrons. The van der Waals surface area contributed by atoms with E-state index in [1.54, 1.807) is 0 Å². The van der Waals surface area contributed by atoms with Gasteiger partial charge in [-0.25, -0.2) is 0 Å². The molecule has 0 saturated carbocycles. The summed E-state index contributed by atoms with van der Waals surface area (Å²) in [5, 5.41) is 10.0. The first-order chi connectivity index (χ1) is 12.6. The van der Waals surface area contributed by atoms with Gasteiger partial charge in [0.05, 0.1) is 24.0 Å². The summed E-state index contributed by atoms with van der Waals surface area (Å²) in [5.41, 5.74) is 1.92. The molecule has 1 N–H and O–H groups in total. The van der Waals surface area contributed by atoms with Gasteiger partial charge >= 0.3 is 0 Å². The fourth-order valence-corrected chi connectivity index (χ4v) is 5.30. The number of phenolic OH excluding ortho intramolecular Hbond substituents is 1. The first-order valence-electron chi connectivity index (χ1n) is 8.53.